The first-order chi connectivity index (χ1) is 15.3. The van der Waals surface area contributed by atoms with E-state index in [1.807, 2.05) is 35.9 Å². The number of hydrogen-bond donors (Lipinski definition) is 0. The maximum Gasteiger partial charge on any atom is 0.246 e. The van der Waals surface area contributed by atoms with Gasteiger partial charge in [-0.25, -0.2) is 4.98 Å². The van der Waals surface area contributed by atoms with Crippen LogP contribution in [0.25, 0.3) is 0 Å². The second-order valence-corrected chi connectivity index (χ2v) is 8.45. The Labute approximate surface area is 196 Å². The summed E-state index contributed by atoms with van der Waals surface area (Å²) < 4.78 is 1.91. The Balaban J connectivity index is 0.000000303. The van der Waals surface area contributed by atoms with Crippen LogP contribution >= 0.6 is 11.6 Å². The van der Waals surface area contributed by atoms with E-state index in [-0.39, 0.29) is 17.7 Å². The van der Waals surface area contributed by atoms with Gasteiger partial charge in [-0.15, -0.1) is 0 Å². The van der Waals surface area contributed by atoms with E-state index < -0.39 is 0 Å². The Morgan fingerprint density at radius 2 is 1.97 bits per heavy atom. The van der Waals surface area contributed by atoms with Crippen molar-refractivity contribution in [3.05, 3.63) is 64.7 Å². The van der Waals surface area contributed by atoms with Crippen molar-refractivity contribution in [1.82, 2.24) is 19.4 Å². The van der Waals surface area contributed by atoms with Gasteiger partial charge in [0.1, 0.15) is 11.5 Å². The fourth-order valence-electron chi connectivity index (χ4n) is 3.46. The standard InChI is InChI=1S/C16H24N4O2.C9H11Cl/c1-5-18(4)12(2)6-7-16(22)19-8-9-20-14(13(3)21)10-17-15(20)11-19;1-2-5-8-6-3-4-7-9(8)10/h6-7,10,12H,5,8-9,11H2,1-4H3;3-4,6-7H,2,5H2,1H3/b7-6+;. The summed E-state index contributed by atoms with van der Waals surface area (Å²) in [5.41, 5.74) is 1.88. The Bertz CT molecular complexity index is 938. The quantitative estimate of drug-likeness (QED) is 0.448. The molecule has 1 aliphatic heterocycles. The average molecular weight is 459 g/mol. The number of aryl methyl sites for hydroxylation is 1. The van der Waals surface area contributed by atoms with E-state index in [2.05, 4.69) is 36.7 Å². The molecule has 1 aliphatic rings. The highest BCUT2D eigenvalue weighted by Crippen LogP contribution is 2.16. The molecule has 0 radical (unpaired) electrons. The normalized spacial score (nSPS) is 14.2. The number of ketones is 1. The van der Waals surface area contributed by atoms with Crippen LogP contribution in [0, 0.1) is 0 Å². The largest absolute Gasteiger partial charge is 0.330 e. The molecule has 1 atom stereocenters. The molecule has 32 heavy (non-hydrogen) atoms. The summed E-state index contributed by atoms with van der Waals surface area (Å²) in [7, 11) is 2.03. The number of nitrogens with zero attached hydrogens (tertiary/aromatic N) is 4. The third-order valence-corrected chi connectivity index (χ3v) is 6.09. The van der Waals surface area contributed by atoms with Gasteiger partial charge in [-0.05, 0) is 38.6 Å². The Morgan fingerprint density at radius 1 is 1.25 bits per heavy atom. The number of carbonyl (C=O) groups is 2. The minimum absolute atomic E-state index is 0.00465. The van der Waals surface area contributed by atoms with Gasteiger partial charge in [0.2, 0.25) is 5.91 Å². The van der Waals surface area contributed by atoms with Gasteiger partial charge in [0.15, 0.2) is 5.78 Å². The lowest BCUT2D eigenvalue weighted by Gasteiger charge is -2.27. The van der Waals surface area contributed by atoms with Crippen LogP contribution in [0.2, 0.25) is 5.02 Å². The maximum absolute atomic E-state index is 12.3. The van der Waals surface area contributed by atoms with E-state index in [1.165, 1.54) is 12.5 Å². The van der Waals surface area contributed by atoms with Crippen molar-refractivity contribution < 1.29 is 9.59 Å². The molecule has 7 heteroatoms. The highest BCUT2D eigenvalue weighted by atomic mass is 35.5. The van der Waals surface area contributed by atoms with E-state index in [0.717, 1.165) is 30.2 Å². The van der Waals surface area contributed by atoms with Gasteiger partial charge < -0.3 is 14.4 Å². The monoisotopic (exact) mass is 458 g/mol. The van der Waals surface area contributed by atoms with E-state index in [9.17, 15) is 9.59 Å². The van der Waals surface area contributed by atoms with Crippen LogP contribution in [-0.2, 0) is 24.3 Å². The minimum Gasteiger partial charge on any atom is -0.330 e. The van der Waals surface area contributed by atoms with Crippen molar-refractivity contribution in [2.45, 2.75) is 59.7 Å². The van der Waals surface area contributed by atoms with Gasteiger partial charge >= 0.3 is 0 Å². The smallest absolute Gasteiger partial charge is 0.246 e. The molecule has 0 saturated carbocycles. The zero-order valence-electron chi connectivity index (χ0n) is 19.8. The van der Waals surface area contributed by atoms with E-state index >= 15 is 0 Å². The van der Waals surface area contributed by atoms with Crippen LogP contribution in [0.4, 0.5) is 0 Å². The zero-order valence-corrected chi connectivity index (χ0v) is 20.6. The lowest BCUT2D eigenvalue weighted by atomic mass is 10.1. The maximum atomic E-state index is 12.3. The van der Waals surface area contributed by atoms with Gasteiger partial charge in [0.25, 0.3) is 0 Å². The number of imidazole rings is 1. The Hall–Kier alpha value is -2.44. The molecule has 0 fully saturated rings. The molecule has 0 N–H and O–H groups in total. The van der Waals surface area contributed by atoms with E-state index in [0.29, 0.717) is 25.3 Å². The van der Waals surface area contributed by atoms with Crippen LogP contribution in [0.15, 0.2) is 42.6 Å². The van der Waals surface area contributed by atoms with Crippen LogP contribution in [-0.4, -0.2) is 57.2 Å². The number of likely N-dealkylation sites (N-methyl/N-ethyl adjacent to an activating group) is 1. The molecule has 1 amide bonds. The third kappa shape index (κ3) is 7.04. The molecule has 3 rings (SSSR count). The first-order valence-corrected chi connectivity index (χ1v) is 11.6. The summed E-state index contributed by atoms with van der Waals surface area (Å²) in [6.07, 6.45) is 7.40. The van der Waals surface area contributed by atoms with Gasteiger partial charge in [-0.1, -0.05) is 56.1 Å². The van der Waals surface area contributed by atoms with Crippen molar-refractivity contribution in [3.63, 3.8) is 0 Å². The van der Waals surface area contributed by atoms with Gasteiger partial charge in [0.05, 0.1) is 12.7 Å². The number of hydrogen-bond acceptors (Lipinski definition) is 4. The zero-order chi connectivity index (χ0) is 23.7. The first-order valence-electron chi connectivity index (χ1n) is 11.2. The third-order valence-electron chi connectivity index (χ3n) is 5.72. The van der Waals surface area contributed by atoms with Crippen LogP contribution in [0.3, 0.4) is 0 Å². The number of fused-ring (bicyclic) bond motifs is 1. The molecule has 1 aromatic heterocycles. The number of benzene rings is 1. The van der Waals surface area contributed by atoms with Crippen molar-refractivity contribution in [1.29, 1.82) is 0 Å². The minimum atomic E-state index is -0.00465. The molecule has 0 aliphatic carbocycles. The lowest BCUT2D eigenvalue weighted by Crippen LogP contribution is -2.38. The highest BCUT2D eigenvalue weighted by Gasteiger charge is 2.23. The van der Waals surface area contributed by atoms with Crippen LogP contribution < -0.4 is 0 Å². The van der Waals surface area contributed by atoms with Crippen molar-refractivity contribution >= 4 is 23.3 Å². The molecular formula is C25H35ClN4O2. The Morgan fingerprint density at radius 3 is 2.59 bits per heavy atom. The summed E-state index contributed by atoms with van der Waals surface area (Å²) in [5.74, 6) is 0.779. The molecule has 0 bridgehead atoms. The average Bonchev–Trinajstić information content (AvgIpc) is 3.22. The van der Waals surface area contributed by atoms with Crippen molar-refractivity contribution in [2.24, 2.45) is 0 Å². The summed E-state index contributed by atoms with van der Waals surface area (Å²) >= 11 is 5.90. The number of carbonyl (C=O) groups excluding carboxylic acids is 2. The fraction of sp³-hybridized carbons (Fsp3) is 0.480. The van der Waals surface area contributed by atoms with Gasteiger partial charge in [-0.2, -0.15) is 0 Å². The number of aromatic nitrogens is 2. The van der Waals surface area contributed by atoms with Gasteiger partial charge in [-0.3, -0.25) is 9.59 Å². The highest BCUT2D eigenvalue weighted by molar-refractivity contribution is 6.31. The summed E-state index contributed by atoms with van der Waals surface area (Å²) in [5, 5.41) is 0.893. The van der Waals surface area contributed by atoms with E-state index in [1.54, 1.807) is 17.2 Å². The van der Waals surface area contributed by atoms with Crippen LogP contribution in [0.5, 0.6) is 0 Å². The molecular weight excluding hydrogens is 424 g/mol. The molecule has 174 valence electrons. The molecule has 6 nitrogen and oxygen atoms in total. The first kappa shape index (κ1) is 25.8. The molecule has 2 heterocycles. The molecule has 1 aromatic carbocycles. The number of amides is 1. The Kier molecular flexibility index (Phi) is 10.1. The second kappa shape index (κ2) is 12.6. The topological polar surface area (TPSA) is 58.4 Å². The van der Waals surface area contributed by atoms with Crippen molar-refractivity contribution in [2.75, 3.05) is 20.1 Å². The number of Topliss-reactive ketones (excluding diaryl/α,β-unsaturated/α-hetero) is 1. The molecule has 1 unspecified atom stereocenters. The van der Waals surface area contributed by atoms with Crippen molar-refractivity contribution in [3.8, 4) is 0 Å². The SMILES string of the molecule is CCCc1ccccc1Cl.CCN(C)C(C)/C=C/C(=O)N1CCn2c(C(C)=O)cnc2C1. The second-order valence-electron chi connectivity index (χ2n) is 8.04. The number of rotatable bonds is 7. The summed E-state index contributed by atoms with van der Waals surface area (Å²) in [6.45, 7) is 10.5. The van der Waals surface area contributed by atoms with E-state index in [4.69, 9.17) is 11.6 Å². The lowest BCUT2D eigenvalue weighted by molar-refractivity contribution is -0.127. The number of halogens is 1. The predicted molar refractivity (Wildman–Crippen MR) is 130 cm³/mol. The summed E-state index contributed by atoms with van der Waals surface area (Å²) in [4.78, 5) is 32.0. The van der Waals surface area contributed by atoms with Crippen LogP contribution in [0.1, 0.15) is 56.0 Å². The summed E-state index contributed by atoms with van der Waals surface area (Å²) in [6, 6.07) is 8.22. The predicted octanol–water partition coefficient (Wildman–Crippen LogP) is 4.62. The molecule has 0 saturated heterocycles. The molecule has 2 aromatic rings. The molecule has 0 spiro atoms. The fourth-order valence-corrected chi connectivity index (χ4v) is 3.69. The van der Waals surface area contributed by atoms with Gasteiger partial charge in [0, 0.05) is 37.2 Å².